The minimum Gasteiger partial charge on any atom is -0.315 e. The van der Waals surface area contributed by atoms with Gasteiger partial charge in [-0.1, -0.05) is 25.7 Å². The van der Waals surface area contributed by atoms with Crippen LogP contribution in [0.1, 0.15) is 51.4 Å². The molecule has 3 aliphatic rings. The van der Waals surface area contributed by atoms with Crippen molar-refractivity contribution in [2.45, 2.75) is 63.5 Å². The first-order chi connectivity index (χ1) is 8.38. The molecular formula is C15H28N2. The molecule has 1 heterocycles. The maximum atomic E-state index is 3.54. The van der Waals surface area contributed by atoms with Crippen LogP contribution in [0.3, 0.4) is 0 Å². The van der Waals surface area contributed by atoms with Gasteiger partial charge in [0.2, 0.25) is 0 Å². The topological polar surface area (TPSA) is 15.3 Å². The van der Waals surface area contributed by atoms with Crippen molar-refractivity contribution in [2.24, 2.45) is 11.8 Å². The van der Waals surface area contributed by atoms with E-state index in [0.717, 1.165) is 23.9 Å². The van der Waals surface area contributed by atoms with E-state index in [1.165, 1.54) is 64.5 Å². The summed E-state index contributed by atoms with van der Waals surface area (Å²) in [7, 11) is 2.15. The fourth-order valence-electron chi connectivity index (χ4n) is 4.64. The Morgan fingerprint density at radius 3 is 2.53 bits per heavy atom. The summed E-state index contributed by atoms with van der Waals surface area (Å²) < 4.78 is 0. The van der Waals surface area contributed by atoms with Gasteiger partial charge in [-0.25, -0.2) is 0 Å². The van der Waals surface area contributed by atoms with E-state index in [4.69, 9.17) is 0 Å². The highest BCUT2D eigenvalue weighted by Gasteiger charge is 2.37. The molecule has 2 nitrogen and oxygen atoms in total. The molecule has 1 saturated heterocycles. The third-order valence-corrected chi connectivity index (χ3v) is 5.64. The highest BCUT2D eigenvalue weighted by Crippen LogP contribution is 2.38. The second-order valence-electron chi connectivity index (χ2n) is 6.48. The van der Waals surface area contributed by atoms with Crippen LogP contribution >= 0.6 is 0 Å². The number of hydrogen-bond donors (Lipinski definition) is 1. The molecule has 0 spiro atoms. The molecule has 4 unspecified atom stereocenters. The highest BCUT2D eigenvalue weighted by molar-refractivity contribution is 4.93. The normalized spacial score (nSPS) is 43.6. The summed E-state index contributed by atoms with van der Waals surface area (Å²) in [6, 6.07) is 1.62. The number of nitrogens with zero attached hydrogens (tertiary/aromatic N) is 1. The van der Waals surface area contributed by atoms with Gasteiger partial charge in [0.15, 0.2) is 0 Å². The first-order valence-corrected chi connectivity index (χ1v) is 7.80. The standard InChI is InChI=1S/C15H28N2/c1-16-14-7-4-8-15(14)17-10-9-12-5-2-3-6-13(12)11-17/h12-16H,2-11H2,1H3. The Balaban J connectivity index is 1.61. The van der Waals surface area contributed by atoms with Crippen LogP contribution in [-0.4, -0.2) is 37.1 Å². The summed E-state index contributed by atoms with van der Waals surface area (Å²) in [6.07, 6.45) is 11.8. The van der Waals surface area contributed by atoms with Crippen molar-refractivity contribution in [3.63, 3.8) is 0 Å². The van der Waals surface area contributed by atoms with Crippen LogP contribution in [0.15, 0.2) is 0 Å². The van der Waals surface area contributed by atoms with Crippen molar-refractivity contribution in [3.05, 3.63) is 0 Å². The molecule has 4 atom stereocenters. The Morgan fingerprint density at radius 2 is 1.71 bits per heavy atom. The van der Waals surface area contributed by atoms with Gasteiger partial charge >= 0.3 is 0 Å². The molecule has 17 heavy (non-hydrogen) atoms. The zero-order valence-corrected chi connectivity index (χ0v) is 11.3. The molecule has 0 bridgehead atoms. The lowest BCUT2D eigenvalue weighted by atomic mass is 9.74. The molecule has 1 N–H and O–H groups in total. The van der Waals surface area contributed by atoms with Crippen molar-refractivity contribution < 1.29 is 0 Å². The summed E-state index contributed by atoms with van der Waals surface area (Å²) in [4.78, 5) is 2.83. The number of fused-ring (bicyclic) bond motifs is 1. The molecule has 2 heteroatoms. The van der Waals surface area contributed by atoms with Crippen LogP contribution in [0, 0.1) is 11.8 Å². The monoisotopic (exact) mass is 236 g/mol. The van der Waals surface area contributed by atoms with Crippen molar-refractivity contribution in [1.29, 1.82) is 0 Å². The second kappa shape index (κ2) is 5.27. The molecule has 2 aliphatic carbocycles. The van der Waals surface area contributed by atoms with Crippen molar-refractivity contribution in [3.8, 4) is 0 Å². The number of hydrogen-bond acceptors (Lipinski definition) is 2. The first-order valence-electron chi connectivity index (χ1n) is 7.80. The van der Waals surface area contributed by atoms with E-state index >= 15 is 0 Å². The lowest BCUT2D eigenvalue weighted by Crippen LogP contribution is -2.51. The molecule has 0 aromatic heterocycles. The van der Waals surface area contributed by atoms with E-state index in [1.807, 2.05) is 0 Å². The third-order valence-electron chi connectivity index (χ3n) is 5.64. The average Bonchev–Trinajstić information content (AvgIpc) is 2.86. The maximum absolute atomic E-state index is 3.54. The summed E-state index contributed by atoms with van der Waals surface area (Å²) >= 11 is 0. The minimum absolute atomic E-state index is 0.773. The van der Waals surface area contributed by atoms with Crippen LogP contribution in [0.5, 0.6) is 0 Å². The van der Waals surface area contributed by atoms with E-state index in [2.05, 4.69) is 17.3 Å². The lowest BCUT2D eigenvalue weighted by molar-refractivity contribution is 0.0508. The van der Waals surface area contributed by atoms with Gasteiger partial charge in [0.1, 0.15) is 0 Å². The number of likely N-dealkylation sites (tertiary alicyclic amines) is 1. The van der Waals surface area contributed by atoms with E-state index in [9.17, 15) is 0 Å². The Labute approximate surface area is 106 Å². The first kappa shape index (κ1) is 12.0. The molecule has 0 radical (unpaired) electrons. The SMILES string of the molecule is CNC1CCCC1N1CCC2CCCCC2C1. The van der Waals surface area contributed by atoms with Crippen molar-refractivity contribution in [1.82, 2.24) is 10.2 Å². The molecule has 0 amide bonds. The fourth-order valence-corrected chi connectivity index (χ4v) is 4.64. The minimum atomic E-state index is 0.773. The smallest absolute Gasteiger partial charge is 0.0249 e. The quantitative estimate of drug-likeness (QED) is 0.793. The molecule has 0 aromatic rings. The Bertz CT molecular complexity index is 253. The van der Waals surface area contributed by atoms with E-state index < -0.39 is 0 Å². The number of piperidine rings is 1. The number of nitrogens with one attached hydrogen (secondary N) is 1. The van der Waals surface area contributed by atoms with E-state index in [1.54, 1.807) is 0 Å². The Hall–Kier alpha value is -0.0800. The van der Waals surface area contributed by atoms with Crippen LogP contribution in [0.2, 0.25) is 0 Å². The van der Waals surface area contributed by atoms with Gasteiger partial charge in [-0.2, -0.15) is 0 Å². The molecule has 0 aromatic carbocycles. The summed E-state index contributed by atoms with van der Waals surface area (Å²) in [5.41, 5.74) is 0. The number of rotatable bonds is 2. The zero-order chi connectivity index (χ0) is 11.7. The van der Waals surface area contributed by atoms with Gasteiger partial charge in [0.05, 0.1) is 0 Å². The average molecular weight is 236 g/mol. The van der Waals surface area contributed by atoms with Gasteiger partial charge < -0.3 is 5.32 Å². The largest absolute Gasteiger partial charge is 0.315 e. The molecule has 2 saturated carbocycles. The summed E-state index contributed by atoms with van der Waals surface area (Å²) in [5.74, 6) is 2.12. The van der Waals surface area contributed by atoms with Gasteiger partial charge in [-0.15, -0.1) is 0 Å². The predicted molar refractivity (Wildman–Crippen MR) is 72.1 cm³/mol. The predicted octanol–water partition coefficient (Wildman–Crippen LogP) is 2.64. The van der Waals surface area contributed by atoms with E-state index in [0.29, 0.717) is 0 Å². The van der Waals surface area contributed by atoms with Crippen LogP contribution < -0.4 is 5.32 Å². The lowest BCUT2D eigenvalue weighted by Gasteiger charge is -2.45. The molecule has 98 valence electrons. The third kappa shape index (κ3) is 2.39. The Kier molecular flexibility index (Phi) is 3.72. The highest BCUT2D eigenvalue weighted by atomic mass is 15.2. The van der Waals surface area contributed by atoms with Gasteiger partial charge in [0.25, 0.3) is 0 Å². The Morgan fingerprint density at radius 1 is 0.882 bits per heavy atom. The molecule has 3 rings (SSSR count). The summed E-state index contributed by atoms with van der Waals surface area (Å²) in [5, 5.41) is 3.54. The zero-order valence-electron chi connectivity index (χ0n) is 11.3. The molecular weight excluding hydrogens is 208 g/mol. The van der Waals surface area contributed by atoms with Crippen LogP contribution in [-0.2, 0) is 0 Å². The summed E-state index contributed by atoms with van der Waals surface area (Å²) in [6.45, 7) is 2.79. The van der Waals surface area contributed by atoms with Crippen molar-refractivity contribution in [2.75, 3.05) is 20.1 Å². The molecule has 1 aliphatic heterocycles. The fraction of sp³-hybridized carbons (Fsp3) is 1.00. The van der Waals surface area contributed by atoms with Gasteiger partial charge in [-0.05, 0) is 51.1 Å². The van der Waals surface area contributed by atoms with Crippen LogP contribution in [0.25, 0.3) is 0 Å². The van der Waals surface area contributed by atoms with Gasteiger partial charge in [0, 0.05) is 18.6 Å². The maximum Gasteiger partial charge on any atom is 0.0249 e. The van der Waals surface area contributed by atoms with Crippen molar-refractivity contribution >= 4 is 0 Å². The van der Waals surface area contributed by atoms with Crippen LogP contribution in [0.4, 0.5) is 0 Å². The van der Waals surface area contributed by atoms with Gasteiger partial charge in [-0.3, -0.25) is 4.90 Å². The van der Waals surface area contributed by atoms with E-state index in [-0.39, 0.29) is 0 Å². The number of likely N-dealkylation sites (N-methyl/N-ethyl adjacent to an activating group) is 1. The second-order valence-corrected chi connectivity index (χ2v) is 6.48. The molecule has 3 fully saturated rings.